The number of aryl methyl sites for hydroxylation is 1. The molecule has 0 atom stereocenters. The molecular formula is C16H20N2O2. The topological polar surface area (TPSA) is 43.4 Å². The molecule has 0 aliphatic carbocycles. The van der Waals surface area contributed by atoms with Crippen molar-refractivity contribution in [3.63, 3.8) is 0 Å². The predicted molar refractivity (Wildman–Crippen MR) is 80.3 cm³/mol. The highest BCUT2D eigenvalue weighted by atomic mass is 16.5. The van der Waals surface area contributed by atoms with Crippen molar-refractivity contribution in [2.75, 3.05) is 21.3 Å². The van der Waals surface area contributed by atoms with Crippen LogP contribution in [-0.4, -0.2) is 26.3 Å². The Morgan fingerprint density at radius 3 is 2.40 bits per heavy atom. The minimum Gasteiger partial charge on any atom is -0.493 e. The van der Waals surface area contributed by atoms with E-state index in [0.717, 1.165) is 34.7 Å². The third-order valence-electron chi connectivity index (χ3n) is 3.31. The second kappa shape index (κ2) is 6.39. The summed E-state index contributed by atoms with van der Waals surface area (Å²) in [5.74, 6) is 1.47. The Labute approximate surface area is 119 Å². The van der Waals surface area contributed by atoms with E-state index in [4.69, 9.17) is 9.47 Å². The van der Waals surface area contributed by atoms with Crippen molar-refractivity contribution >= 4 is 0 Å². The first-order chi connectivity index (χ1) is 9.71. The standard InChI is InChI=1S/C16H20N2O2/c1-11-5-6-18-10-14(11)13-8-16(20-4)15(19-3)7-12(13)9-17-2/h5-8,10,17H,9H2,1-4H3. The highest BCUT2D eigenvalue weighted by molar-refractivity contribution is 5.73. The molecule has 0 spiro atoms. The van der Waals surface area contributed by atoms with Gasteiger partial charge >= 0.3 is 0 Å². The molecule has 4 heteroatoms. The van der Waals surface area contributed by atoms with Gasteiger partial charge in [0, 0.05) is 24.5 Å². The van der Waals surface area contributed by atoms with Gasteiger partial charge in [0.05, 0.1) is 14.2 Å². The first kappa shape index (κ1) is 14.3. The van der Waals surface area contributed by atoms with Crippen LogP contribution in [0.4, 0.5) is 0 Å². The van der Waals surface area contributed by atoms with Crippen molar-refractivity contribution in [1.29, 1.82) is 0 Å². The van der Waals surface area contributed by atoms with Gasteiger partial charge in [0.25, 0.3) is 0 Å². The summed E-state index contributed by atoms with van der Waals surface area (Å²) in [6, 6.07) is 6.03. The van der Waals surface area contributed by atoms with Gasteiger partial charge in [-0.2, -0.15) is 0 Å². The van der Waals surface area contributed by atoms with Gasteiger partial charge in [0.15, 0.2) is 11.5 Å². The van der Waals surface area contributed by atoms with E-state index in [1.165, 1.54) is 5.56 Å². The molecule has 0 unspecified atom stereocenters. The fourth-order valence-corrected chi connectivity index (χ4v) is 2.25. The monoisotopic (exact) mass is 272 g/mol. The lowest BCUT2D eigenvalue weighted by atomic mass is 9.97. The van der Waals surface area contributed by atoms with Crippen LogP contribution in [0.15, 0.2) is 30.6 Å². The summed E-state index contributed by atoms with van der Waals surface area (Å²) in [7, 11) is 5.22. The average molecular weight is 272 g/mol. The molecule has 0 aliphatic rings. The minimum atomic E-state index is 0.727. The van der Waals surface area contributed by atoms with Crippen LogP contribution in [-0.2, 0) is 6.54 Å². The molecule has 2 aromatic rings. The number of hydrogen-bond donors (Lipinski definition) is 1. The van der Waals surface area contributed by atoms with E-state index in [2.05, 4.69) is 17.2 Å². The minimum absolute atomic E-state index is 0.727. The molecule has 1 aromatic carbocycles. The summed E-state index contributed by atoms with van der Waals surface area (Å²) >= 11 is 0. The average Bonchev–Trinajstić information content (AvgIpc) is 2.48. The molecule has 0 bridgehead atoms. The molecule has 1 heterocycles. The van der Waals surface area contributed by atoms with Crippen molar-refractivity contribution in [3.8, 4) is 22.6 Å². The summed E-state index contributed by atoms with van der Waals surface area (Å²) in [6.07, 6.45) is 3.69. The molecule has 20 heavy (non-hydrogen) atoms. The largest absolute Gasteiger partial charge is 0.493 e. The summed E-state index contributed by atoms with van der Waals surface area (Å²) in [5, 5.41) is 3.19. The Balaban J connectivity index is 2.64. The lowest BCUT2D eigenvalue weighted by molar-refractivity contribution is 0.354. The van der Waals surface area contributed by atoms with Gasteiger partial charge in [0.1, 0.15) is 0 Å². The summed E-state index contributed by atoms with van der Waals surface area (Å²) < 4.78 is 10.8. The predicted octanol–water partition coefficient (Wildman–Crippen LogP) is 2.79. The van der Waals surface area contributed by atoms with Crippen LogP contribution in [0.25, 0.3) is 11.1 Å². The molecule has 2 rings (SSSR count). The number of nitrogens with zero attached hydrogens (tertiary/aromatic N) is 1. The molecule has 0 aliphatic heterocycles. The van der Waals surface area contributed by atoms with Crippen LogP contribution in [0.3, 0.4) is 0 Å². The summed E-state index contributed by atoms with van der Waals surface area (Å²) in [4.78, 5) is 4.23. The van der Waals surface area contributed by atoms with E-state index >= 15 is 0 Å². The van der Waals surface area contributed by atoms with Gasteiger partial charge in [0.2, 0.25) is 0 Å². The Bertz CT molecular complexity index is 597. The SMILES string of the molecule is CNCc1cc(OC)c(OC)cc1-c1cnccc1C. The van der Waals surface area contributed by atoms with E-state index in [1.807, 2.05) is 31.4 Å². The quantitative estimate of drug-likeness (QED) is 0.909. The lowest BCUT2D eigenvalue weighted by Crippen LogP contribution is -2.07. The van der Waals surface area contributed by atoms with Gasteiger partial charge < -0.3 is 14.8 Å². The van der Waals surface area contributed by atoms with Crippen LogP contribution in [0.5, 0.6) is 11.5 Å². The van der Waals surface area contributed by atoms with Crippen molar-refractivity contribution in [2.45, 2.75) is 13.5 Å². The molecule has 0 saturated heterocycles. The van der Waals surface area contributed by atoms with Crippen LogP contribution in [0.1, 0.15) is 11.1 Å². The van der Waals surface area contributed by atoms with E-state index < -0.39 is 0 Å². The zero-order chi connectivity index (χ0) is 14.5. The maximum absolute atomic E-state index is 5.41. The van der Waals surface area contributed by atoms with Crippen LogP contribution >= 0.6 is 0 Å². The second-order valence-corrected chi connectivity index (χ2v) is 4.59. The fourth-order valence-electron chi connectivity index (χ4n) is 2.25. The molecule has 4 nitrogen and oxygen atoms in total. The van der Waals surface area contributed by atoms with Gasteiger partial charge in [-0.15, -0.1) is 0 Å². The molecule has 0 amide bonds. The lowest BCUT2D eigenvalue weighted by Gasteiger charge is -2.16. The highest BCUT2D eigenvalue weighted by Gasteiger charge is 2.13. The first-order valence-corrected chi connectivity index (χ1v) is 6.51. The van der Waals surface area contributed by atoms with E-state index in [0.29, 0.717) is 0 Å². The highest BCUT2D eigenvalue weighted by Crippen LogP contribution is 2.36. The Hall–Kier alpha value is -2.07. The summed E-state index contributed by atoms with van der Waals surface area (Å²) in [6.45, 7) is 2.83. The first-order valence-electron chi connectivity index (χ1n) is 6.51. The third kappa shape index (κ3) is 2.75. The van der Waals surface area contributed by atoms with Gasteiger partial charge in [-0.05, 0) is 48.9 Å². The number of methoxy groups -OCH3 is 2. The molecule has 0 fully saturated rings. The maximum Gasteiger partial charge on any atom is 0.161 e. The van der Waals surface area contributed by atoms with Gasteiger partial charge in [-0.25, -0.2) is 0 Å². The number of nitrogens with one attached hydrogen (secondary N) is 1. The maximum atomic E-state index is 5.41. The second-order valence-electron chi connectivity index (χ2n) is 4.59. The molecule has 1 aromatic heterocycles. The Kier molecular flexibility index (Phi) is 4.58. The van der Waals surface area contributed by atoms with Crippen molar-refractivity contribution in [3.05, 3.63) is 41.7 Å². The number of rotatable bonds is 5. The van der Waals surface area contributed by atoms with Crippen molar-refractivity contribution in [1.82, 2.24) is 10.3 Å². The molecular weight excluding hydrogens is 252 g/mol. The summed E-state index contributed by atoms with van der Waals surface area (Å²) in [5.41, 5.74) is 4.56. The normalized spacial score (nSPS) is 10.4. The number of ether oxygens (including phenoxy) is 2. The Morgan fingerprint density at radius 1 is 1.10 bits per heavy atom. The van der Waals surface area contributed by atoms with E-state index in [-0.39, 0.29) is 0 Å². The van der Waals surface area contributed by atoms with Gasteiger partial charge in [-0.1, -0.05) is 0 Å². The van der Waals surface area contributed by atoms with E-state index in [1.54, 1.807) is 20.4 Å². The van der Waals surface area contributed by atoms with Crippen LogP contribution < -0.4 is 14.8 Å². The van der Waals surface area contributed by atoms with Crippen LogP contribution in [0.2, 0.25) is 0 Å². The zero-order valence-corrected chi connectivity index (χ0v) is 12.4. The number of benzene rings is 1. The molecule has 1 N–H and O–H groups in total. The van der Waals surface area contributed by atoms with Crippen molar-refractivity contribution < 1.29 is 9.47 Å². The molecule has 0 saturated carbocycles. The van der Waals surface area contributed by atoms with Crippen molar-refractivity contribution in [2.24, 2.45) is 0 Å². The number of hydrogen-bond acceptors (Lipinski definition) is 4. The third-order valence-corrected chi connectivity index (χ3v) is 3.31. The number of pyridine rings is 1. The fraction of sp³-hybridized carbons (Fsp3) is 0.312. The smallest absolute Gasteiger partial charge is 0.161 e. The molecule has 0 radical (unpaired) electrons. The zero-order valence-electron chi connectivity index (χ0n) is 12.4. The van der Waals surface area contributed by atoms with E-state index in [9.17, 15) is 0 Å². The Morgan fingerprint density at radius 2 is 1.80 bits per heavy atom. The number of aromatic nitrogens is 1. The van der Waals surface area contributed by atoms with Crippen LogP contribution in [0, 0.1) is 6.92 Å². The molecule has 106 valence electrons. The van der Waals surface area contributed by atoms with Gasteiger partial charge in [-0.3, -0.25) is 4.98 Å².